The second-order valence-electron chi connectivity index (χ2n) is 8.76. The molecule has 2 N–H and O–H groups in total. The van der Waals surface area contributed by atoms with Crippen LogP contribution in [0.15, 0.2) is 72.5 Å². The Morgan fingerprint density at radius 2 is 1.71 bits per heavy atom. The number of hydrogen-bond donors (Lipinski definition) is 2. The Morgan fingerprint density at radius 1 is 1.09 bits per heavy atom. The number of para-hydroxylation sites is 1. The molecule has 1 saturated heterocycles. The van der Waals surface area contributed by atoms with E-state index < -0.39 is 20.6 Å². The minimum Gasteiger partial charge on any atom is -0.374 e. The molecule has 1 fully saturated rings. The van der Waals surface area contributed by atoms with Crippen molar-refractivity contribution in [1.82, 2.24) is 10.2 Å². The normalized spacial score (nSPS) is 23.6. The Kier molecular flexibility index (Phi) is 8.64. The lowest BCUT2D eigenvalue weighted by molar-refractivity contribution is 0.300. The molecule has 0 amide bonds. The monoisotopic (exact) mass is 541 g/mol. The molecule has 34 heavy (non-hydrogen) atoms. The van der Waals surface area contributed by atoms with E-state index in [4.69, 9.17) is 23.2 Å². The number of benzene rings is 2. The highest BCUT2D eigenvalue weighted by atomic mass is 35.5. The van der Waals surface area contributed by atoms with E-state index in [2.05, 4.69) is 21.6 Å². The van der Waals surface area contributed by atoms with E-state index in [1.54, 1.807) is 6.07 Å². The largest absolute Gasteiger partial charge is 0.374 e. The summed E-state index contributed by atoms with van der Waals surface area (Å²) >= 11 is 12.7. The SMILES string of the molecule is CC(c1cc(Cl)cc(Cl)c1)C1(Nc2ccccc2)C=C(N2CCNCC2)C=CC1S(C)(=O)=O.Cl. The van der Waals surface area contributed by atoms with Crippen LogP contribution in [0, 0.1) is 0 Å². The second-order valence-corrected chi connectivity index (χ2v) is 11.8. The summed E-state index contributed by atoms with van der Waals surface area (Å²) in [7, 11) is -3.47. The molecule has 2 aromatic rings. The predicted octanol–water partition coefficient (Wildman–Crippen LogP) is 5.14. The van der Waals surface area contributed by atoms with E-state index in [9.17, 15) is 8.42 Å². The van der Waals surface area contributed by atoms with Crippen molar-refractivity contribution in [1.29, 1.82) is 0 Å². The molecule has 2 aromatic carbocycles. The summed E-state index contributed by atoms with van der Waals surface area (Å²) in [6.45, 7) is 5.52. The fourth-order valence-corrected chi connectivity index (χ4v) is 6.74. The summed E-state index contributed by atoms with van der Waals surface area (Å²) in [4.78, 5) is 2.30. The van der Waals surface area contributed by atoms with E-state index in [-0.39, 0.29) is 18.3 Å². The van der Waals surface area contributed by atoms with Gasteiger partial charge in [-0.2, -0.15) is 0 Å². The third kappa shape index (κ3) is 5.74. The molecule has 3 atom stereocenters. The van der Waals surface area contributed by atoms with Crippen LogP contribution in [0.3, 0.4) is 0 Å². The lowest BCUT2D eigenvalue weighted by Crippen LogP contribution is -2.56. The smallest absolute Gasteiger partial charge is 0.156 e. The highest BCUT2D eigenvalue weighted by Crippen LogP contribution is 2.43. The van der Waals surface area contributed by atoms with Crippen LogP contribution in [0.4, 0.5) is 5.69 Å². The lowest BCUT2D eigenvalue weighted by Gasteiger charge is -2.46. The topological polar surface area (TPSA) is 61.4 Å². The molecule has 4 rings (SSSR count). The summed E-state index contributed by atoms with van der Waals surface area (Å²) in [5, 5.41) is 7.25. The van der Waals surface area contributed by atoms with Gasteiger partial charge < -0.3 is 15.5 Å². The van der Waals surface area contributed by atoms with Crippen molar-refractivity contribution in [2.75, 3.05) is 37.8 Å². The second kappa shape index (κ2) is 10.9. The van der Waals surface area contributed by atoms with E-state index in [1.807, 2.05) is 61.5 Å². The van der Waals surface area contributed by atoms with Crippen LogP contribution < -0.4 is 10.6 Å². The fraction of sp³-hybridized carbons (Fsp3) is 0.360. The zero-order chi connectivity index (χ0) is 23.6. The number of halogens is 3. The molecule has 0 saturated carbocycles. The average Bonchev–Trinajstić information content (AvgIpc) is 2.78. The first-order valence-electron chi connectivity index (χ1n) is 11.0. The van der Waals surface area contributed by atoms with Gasteiger partial charge in [-0.05, 0) is 48.0 Å². The van der Waals surface area contributed by atoms with Gasteiger partial charge >= 0.3 is 0 Å². The van der Waals surface area contributed by atoms with Gasteiger partial charge in [0.25, 0.3) is 0 Å². The molecule has 0 radical (unpaired) electrons. The molecule has 9 heteroatoms. The maximum absolute atomic E-state index is 13.1. The van der Waals surface area contributed by atoms with E-state index in [0.29, 0.717) is 10.0 Å². The molecule has 1 aliphatic carbocycles. The van der Waals surface area contributed by atoms with Gasteiger partial charge in [0.2, 0.25) is 0 Å². The molecule has 1 aliphatic heterocycles. The summed E-state index contributed by atoms with van der Waals surface area (Å²) < 4.78 is 26.3. The van der Waals surface area contributed by atoms with Gasteiger partial charge in [-0.25, -0.2) is 8.42 Å². The molecule has 0 spiro atoms. The summed E-state index contributed by atoms with van der Waals surface area (Å²) in [6, 6.07) is 15.1. The van der Waals surface area contributed by atoms with Crippen molar-refractivity contribution < 1.29 is 8.42 Å². The van der Waals surface area contributed by atoms with Crippen molar-refractivity contribution in [3.8, 4) is 0 Å². The Hall–Kier alpha value is -1.70. The molecule has 0 aromatic heterocycles. The third-order valence-corrected chi connectivity index (χ3v) is 8.38. The number of anilines is 1. The Morgan fingerprint density at radius 3 is 2.29 bits per heavy atom. The van der Waals surface area contributed by atoms with E-state index in [0.717, 1.165) is 43.1 Å². The van der Waals surface area contributed by atoms with Crippen molar-refractivity contribution in [2.45, 2.75) is 23.6 Å². The molecular formula is C25H30Cl3N3O2S. The van der Waals surface area contributed by atoms with Gasteiger partial charge in [0.1, 0.15) is 5.25 Å². The highest BCUT2D eigenvalue weighted by molar-refractivity contribution is 7.91. The van der Waals surface area contributed by atoms with Crippen LogP contribution in [0.1, 0.15) is 18.4 Å². The number of nitrogens with zero attached hydrogens (tertiary/aromatic N) is 1. The number of rotatable bonds is 6. The van der Waals surface area contributed by atoms with Crippen LogP contribution in [0.25, 0.3) is 0 Å². The number of sulfone groups is 1. The molecule has 1 heterocycles. The van der Waals surface area contributed by atoms with Gasteiger partial charge in [0, 0.05) is 59.8 Å². The highest BCUT2D eigenvalue weighted by Gasteiger charge is 2.48. The molecular weight excluding hydrogens is 513 g/mol. The van der Waals surface area contributed by atoms with E-state index >= 15 is 0 Å². The van der Waals surface area contributed by atoms with Gasteiger partial charge in [0.15, 0.2) is 9.84 Å². The quantitative estimate of drug-likeness (QED) is 0.529. The zero-order valence-electron chi connectivity index (χ0n) is 19.2. The first-order chi connectivity index (χ1) is 15.7. The Labute approximate surface area is 218 Å². The van der Waals surface area contributed by atoms with Crippen LogP contribution >= 0.6 is 35.6 Å². The van der Waals surface area contributed by atoms with E-state index in [1.165, 1.54) is 6.26 Å². The van der Waals surface area contributed by atoms with Gasteiger partial charge in [-0.15, -0.1) is 12.4 Å². The minimum atomic E-state index is -3.47. The number of hydrogen-bond acceptors (Lipinski definition) is 5. The van der Waals surface area contributed by atoms with Crippen LogP contribution in [-0.2, 0) is 9.84 Å². The van der Waals surface area contributed by atoms with Crippen LogP contribution in [0.2, 0.25) is 10.0 Å². The Bertz CT molecular complexity index is 1140. The molecule has 2 aliphatic rings. The third-order valence-electron chi connectivity index (χ3n) is 6.48. The number of allylic oxidation sites excluding steroid dienone is 1. The minimum absolute atomic E-state index is 0. The summed E-state index contributed by atoms with van der Waals surface area (Å²) in [5.41, 5.74) is 1.77. The first kappa shape index (κ1) is 26.9. The molecule has 5 nitrogen and oxygen atoms in total. The fourth-order valence-electron chi connectivity index (χ4n) is 4.80. The molecule has 184 valence electrons. The van der Waals surface area contributed by atoms with Gasteiger partial charge in [-0.1, -0.05) is 54.4 Å². The van der Waals surface area contributed by atoms with Gasteiger partial charge in [-0.3, -0.25) is 0 Å². The standard InChI is InChI=1S/C25H29Cl2N3O2S.ClH/c1-18(19-14-20(26)16-21(27)15-19)25(29-22-6-4-3-5-7-22)17-23(30-12-10-28-11-13-30)8-9-24(25)33(2,31)32;/h3-9,14-18,24,28-29H,10-13H2,1-2H3;1H. The van der Waals surface area contributed by atoms with Crippen molar-refractivity contribution in [3.05, 3.63) is 88.1 Å². The molecule has 0 bridgehead atoms. The lowest BCUT2D eigenvalue weighted by atomic mass is 9.74. The number of nitrogens with one attached hydrogen (secondary N) is 2. The van der Waals surface area contributed by atoms with Crippen molar-refractivity contribution in [2.24, 2.45) is 0 Å². The average molecular weight is 543 g/mol. The first-order valence-corrected chi connectivity index (χ1v) is 13.7. The molecule has 3 unspecified atom stereocenters. The summed E-state index contributed by atoms with van der Waals surface area (Å²) in [6.07, 6.45) is 7.16. The van der Waals surface area contributed by atoms with Crippen molar-refractivity contribution in [3.63, 3.8) is 0 Å². The van der Waals surface area contributed by atoms with Crippen LogP contribution in [-0.4, -0.2) is 56.5 Å². The predicted molar refractivity (Wildman–Crippen MR) is 145 cm³/mol. The maximum Gasteiger partial charge on any atom is 0.156 e. The van der Waals surface area contributed by atoms with Gasteiger partial charge in [0.05, 0.1) is 5.54 Å². The number of piperazine rings is 1. The van der Waals surface area contributed by atoms with Crippen molar-refractivity contribution >= 4 is 51.1 Å². The zero-order valence-corrected chi connectivity index (χ0v) is 22.3. The van der Waals surface area contributed by atoms with Crippen LogP contribution in [0.5, 0.6) is 0 Å². The summed E-state index contributed by atoms with van der Waals surface area (Å²) in [5.74, 6) is -0.267. The maximum atomic E-state index is 13.1. The Balaban J connectivity index is 0.00000324.